The Bertz CT molecular complexity index is 627. The number of rotatable bonds is 6. The Morgan fingerprint density at radius 3 is 2.50 bits per heavy atom. The molecule has 3 rings (SSSR count). The Labute approximate surface area is 174 Å². The first kappa shape index (κ1) is 23.0. The van der Waals surface area contributed by atoms with E-state index in [0.717, 1.165) is 19.5 Å². The number of nitrogens with one attached hydrogen (secondary N) is 1. The highest BCUT2D eigenvalue weighted by Gasteiger charge is 2.21. The number of fused-ring (bicyclic) bond motifs is 1. The normalized spacial score (nSPS) is 18.0. The second kappa shape index (κ2) is 11.6. The molecule has 1 aromatic carbocycles. The first-order valence-corrected chi connectivity index (χ1v) is 11.5. The fourth-order valence-corrected chi connectivity index (χ4v) is 4.50. The van der Waals surface area contributed by atoms with Crippen LogP contribution < -0.4 is 10.2 Å². The third-order valence-electron chi connectivity index (χ3n) is 5.82. The van der Waals surface area contributed by atoms with Crippen molar-refractivity contribution in [1.29, 1.82) is 0 Å². The van der Waals surface area contributed by atoms with Crippen LogP contribution in [0.3, 0.4) is 0 Å². The number of aryl methyl sites for hydroxylation is 1. The van der Waals surface area contributed by atoms with Crippen molar-refractivity contribution in [2.24, 2.45) is 5.92 Å². The molecule has 3 nitrogen and oxygen atoms in total. The standard InChI is InChI=1S/C23H37N3.C2H6/c1-5-20(8-12-26-13-9-24-10-14-26)22-17-19(15-18(2)3)16-21-7-6-11-25(4)23(21)22;1-2/h5,16-18,24H,6-15H2,1-4H3;1-2H3/b20-5+;. The van der Waals surface area contributed by atoms with Gasteiger partial charge < -0.3 is 15.1 Å². The molecule has 2 aliphatic rings. The summed E-state index contributed by atoms with van der Waals surface area (Å²) in [5, 5.41) is 3.46. The summed E-state index contributed by atoms with van der Waals surface area (Å²) in [6.45, 7) is 17.9. The molecular formula is C25H43N3. The van der Waals surface area contributed by atoms with E-state index in [-0.39, 0.29) is 0 Å². The molecule has 3 heteroatoms. The molecule has 0 aromatic heterocycles. The van der Waals surface area contributed by atoms with Crippen molar-refractivity contribution in [3.8, 4) is 0 Å². The molecule has 1 saturated heterocycles. The van der Waals surface area contributed by atoms with Gasteiger partial charge >= 0.3 is 0 Å². The minimum atomic E-state index is 0.706. The summed E-state index contributed by atoms with van der Waals surface area (Å²) in [6, 6.07) is 4.98. The van der Waals surface area contributed by atoms with Crippen LogP contribution in [0.4, 0.5) is 5.69 Å². The maximum absolute atomic E-state index is 3.46. The van der Waals surface area contributed by atoms with Crippen molar-refractivity contribution in [1.82, 2.24) is 10.2 Å². The van der Waals surface area contributed by atoms with E-state index in [1.807, 2.05) is 13.8 Å². The molecule has 0 spiro atoms. The predicted molar refractivity (Wildman–Crippen MR) is 126 cm³/mol. The average Bonchev–Trinajstić information content (AvgIpc) is 2.70. The number of allylic oxidation sites excluding steroid dienone is 1. The van der Waals surface area contributed by atoms with Crippen LogP contribution in [-0.2, 0) is 12.8 Å². The van der Waals surface area contributed by atoms with Crippen LogP contribution in [0.2, 0.25) is 0 Å². The summed E-state index contributed by atoms with van der Waals surface area (Å²) in [4.78, 5) is 5.09. The van der Waals surface area contributed by atoms with Gasteiger partial charge in [-0.25, -0.2) is 0 Å². The lowest BCUT2D eigenvalue weighted by atomic mass is 9.88. The van der Waals surface area contributed by atoms with E-state index in [1.165, 1.54) is 67.8 Å². The quantitative estimate of drug-likeness (QED) is 0.744. The molecule has 1 N–H and O–H groups in total. The van der Waals surface area contributed by atoms with Gasteiger partial charge in [0.1, 0.15) is 0 Å². The van der Waals surface area contributed by atoms with Gasteiger partial charge in [-0.1, -0.05) is 39.8 Å². The van der Waals surface area contributed by atoms with Crippen LogP contribution in [0, 0.1) is 5.92 Å². The lowest BCUT2D eigenvalue weighted by molar-refractivity contribution is 0.246. The van der Waals surface area contributed by atoms with E-state index in [4.69, 9.17) is 0 Å². The number of anilines is 1. The molecule has 0 bridgehead atoms. The van der Waals surface area contributed by atoms with Crippen molar-refractivity contribution < 1.29 is 0 Å². The number of piperazine rings is 1. The van der Waals surface area contributed by atoms with E-state index >= 15 is 0 Å². The molecule has 0 unspecified atom stereocenters. The van der Waals surface area contributed by atoms with E-state index in [2.05, 4.69) is 61.1 Å². The molecule has 0 aliphatic carbocycles. The Balaban J connectivity index is 0.00000136. The minimum absolute atomic E-state index is 0.706. The highest BCUT2D eigenvalue weighted by molar-refractivity contribution is 5.80. The Morgan fingerprint density at radius 1 is 1.14 bits per heavy atom. The van der Waals surface area contributed by atoms with Gasteiger partial charge in [-0.3, -0.25) is 0 Å². The molecule has 0 atom stereocenters. The monoisotopic (exact) mass is 385 g/mol. The summed E-state index contributed by atoms with van der Waals surface area (Å²) in [5.74, 6) is 0.706. The van der Waals surface area contributed by atoms with Crippen LogP contribution in [0.25, 0.3) is 5.57 Å². The molecule has 0 amide bonds. The predicted octanol–water partition coefficient (Wildman–Crippen LogP) is 4.99. The topological polar surface area (TPSA) is 18.5 Å². The molecule has 2 heterocycles. The fourth-order valence-electron chi connectivity index (χ4n) is 4.50. The zero-order chi connectivity index (χ0) is 20.5. The zero-order valence-electron chi connectivity index (χ0n) is 19.3. The molecule has 0 saturated carbocycles. The van der Waals surface area contributed by atoms with Gasteiger partial charge in [0, 0.05) is 57.6 Å². The van der Waals surface area contributed by atoms with Gasteiger partial charge in [-0.2, -0.15) is 0 Å². The van der Waals surface area contributed by atoms with Crippen LogP contribution in [-0.4, -0.2) is 51.2 Å². The summed E-state index contributed by atoms with van der Waals surface area (Å²) in [7, 11) is 2.27. The first-order valence-electron chi connectivity index (χ1n) is 11.5. The van der Waals surface area contributed by atoms with Crippen LogP contribution >= 0.6 is 0 Å². The third-order valence-corrected chi connectivity index (χ3v) is 5.82. The van der Waals surface area contributed by atoms with Crippen molar-refractivity contribution in [3.05, 3.63) is 34.9 Å². The first-order chi connectivity index (χ1) is 13.6. The highest BCUT2D eigenvalue weighted by Crippen LogP contribution is 2.37. The second-order valence-corrected chi connectivity index (χ2v) is 8.43. The van der Waals surface area contributed by atoms with Crippen LogP contribution in [0.5, 0.6) is 0 Å². The lowest BCUT2D eigenvalue weighted by Crippen LogP contribution is -2.43. The smallest absolute Gasteiger partial charge is 0.0472 e. The van der Waals surface area contributed by atoms with Crippen molar-refractivity contribution >= 4 is 11.3 Å². The summed E-state index contributed by atoms with van der Waals surface area (Å²) in [6.07, 6.45) is 7.20. The molecule has 1 fully saturated rings. The molecule has 158 valence electrons. The van der Waals surface area contributed by atoms with E-state index < -0.39 is 0 Å². The number of hydrogen-bond acceptors (Lipinski definition) is 3. The molecule has 0 radical (unpaired) electrons. The molecule has 28 heavy (non-hydrogen) atoms. The molecule has 1 aromatic rings. The fraction of sp³-hybridized carbons (Fsp3) is 0.680. The zero-order valence-corrected chi connectivity index (χ0v) is 19.3. The molecular weight excluding hydrogens is 342 g/mol. The van der Waals surface area contributed by atoms with Gasteiger partial charge in [0.15, 0.2) is 0 Å². The number of hydrogen-bond donors (Lipinski definition) is 1. The van der Waals surface area contributed by atoms with Gasteiger partial charge in [0.2, 0.25) is 0 Å². The van der Waals surface area contributed by atoms with E-state index in [1.54, 1.807) is 5.56 Å². The molecule has 2 aliphatic heterocycles. The minimum Gasteiger partial charge on any atom is -0.374 e. The van der Waals surface area contributed by atoms with Crippen molar-refractivity contribution in [3.63, 3.8) is 0 Å². The van der Waals surface area contributed by atoms with Gasteiger partial charge in [-0.05, 0) is 61.3 Å². The lowest BCUT2D eigenvalue weighted by Gasteiger charge is -2.32. The van der Waals surface area contributed by atoms with Gasteiger partial charge in [0.25, 0.3) is 0 Å². The van der Waals surface area contributed by atoms with Gasteiger partial charge in [-0.15, -0.1) is 0 Å². The summed E-state index contributed by atoms with van der Waals surface area (Å²) >= 11 is 0. The highest BCUT2D eigenvalue weighted by atomic mass is 15.2. The summed E-state index contributed by atoms with van der Waals surface area (Å²) < 4.78 is 0. The Kier molecular flexibility index (Phi) is 9.53. The van der Waals surface area contributed by atoms with Crippen molar-refractivity contribution in [2.75, 3.05) is 51.2 Å². The second-order valence-electron chi connectivity index (χ2n) is 8.43. The average molecular weight is 386 g/mol. The largest absolute Gasteiger partial charge is 0.374 e. The SMILES string of the molecule is C/C=C(\CCN1CCNCC1)c1cc(CC(C)C)cc2c1N(C)CCC2.CC. The maximum atomic E-state index is 3.46. The van der Waals surface area contributed by atoms with Crippen molar-refractivity contribution in [2.45, 2.75) is 60.3 Å². The maximum Gasteiger partial charge on any atom is 0.0472 e. The number of benzene rings is 1. The summed E-state index contributed by atoms with van der Waals surface area (Å²) in [5.41, 5.74) is 7.60. The Hall–Kier alpha value is -1.32. The van der Waals surface area contributed by atoms with E-state index in [0.29, 0.717) is 5.92 Å². The van der Waals surface area contributed by atoms with Crippen LogP contribution in [0.15, 0.2) is 18.2 Å². The van der Waals surface area contributed by atoms with E-state index in [9.17, 15) is 0 Å². The third kappa shape index (κ3) is 6.09. The van der Waals surface area contributed by atoms with Gasteiger partial charge in [0.05, 0.1) is 0 Å². The Morgan fingerprint density at radius 2 is 1.86 bits per heavy atom. The van der Waals surface area contributed by atoms with Crippen LogP contribution in [0.1, 0.15) is 64.2 Å². The number of nitrogens with zero attached hydrogens (tertiary/aromatic N) is 2.